The standard InChI is InChI=1S/C10H14BrN3O3S/c1-17-10-8(11)6-13-7-9(10)18(15,16)14-4-2-12-3-5-14/h6-7,12H,2-5H2,1H3. The summed E-state index contributed by atoms with van der Waals surface area (Å²) < 4.78 is 32.1. The molecule has 0 saturated carbocycles. The molecule has 100 valence electrons. The van der Waals surface area contributed by atoms with Gasteiger partial charge < -0.3 is 10.1 Å². The Morgan fingerprint density at radius 1 is 1.39 bits per heavy atom. The van der Waals surface area contributed by atoms with E-state index in [0.29, 0.717) is 36.4 Å². The zero-order chi connectivity index (χ0) is 13.2. The number of nitrogens with zero attached hydrogens (tertiary/aromatic N) is 2. The average Bonchev–Trinajstić information content (AvgIpc) is 2.39. The number of hydrogen-bond acceptors (Lipinski definition) is 5. The van der Waals surface area contributed by atoms with Crippen LogP contribution in [-0.4, -0.2) is 51.0 Å². The molecule has 1 fully saturated rings. The van der Waals surface area contributed by atoms with E-state index >= 15 is 0 Å². The fourth-order valence-corrected chi connectivity index (χ4v) is 4.00. The van der Waals surface area contributed by atoms with E-state index in [1.165, 1.54) is 23.8 Å². The second kappa shape index (κ2) is 5.52. The minimum Gasteiger partial charge on any atom is -0.494 e. The lowest BCUT2D eigenvalue weighted by atomic mass is 10.4. The van der Waals surface area contributed by atoms with Crippen LogP contribution in [0.3, 0.4) is 0 Å². The Hall–Kier alpha value is -0.700. The maximum absolute atomic E-state index is 12.5. The van der Waals surface area contributed by atoms with E-state index in [2.05, 4.69) is 26.2 Å². The number of rotatable bonds is 3. The van der Waals surface area contributed by atoms with Crippen molar-refractivity contribution < 1.29 is 13.2 Å². The number of piperazine rings is 1. The molecular formula is C10H14BrN3O3S. The highest BCUT2D eigenvalue weighted by Gasteiger charge is 2.29. The lowest BCUT2D eigenvalue weighted by Gasteiger charge is -2.27. The molecular weight excluding hydrogens is 322 g/mol. The van der Waals surface area contributed by atoms with E-state index in [1.54, 1.807) is 0 Å². The summed E-state index contributed by atoms with van der Waals surface area (Å²) in [6.45, 7) is 2.22. The molecule has 2 heterocycles. The molecule has 1 saturated heterocycles. The zero-order valence-corrected chi connectivity index (χ0v) is 12.3. The van der Waals surface area contributed by atoms with Gasteiger partial charge >= 0.3 is 0 Å². The van der Waals surface area contributed by atoms with Gasteiger partial charge in [-0.15, -0.1) is 0 Å². The topological polar surface area (TPSA) is 71.5 Å². The van der Waals surface area contributed by atoms with Crippen molar-refractivity contribution in [3.8, 4) is 5.75 Å². The SMILES string of the molecule is COc1c(Br)cncc1S(=O)(=O)N1CCNCC1. The van der Waals surface area contributed by atoms with Crippen molar-refractivity contribution in [1.29, 1.82) is 0 Å². The van der Waals surface area contributed by atoms with Gasteiger partial charge in [0.1, 0.15) is 4.90 Å². The largest absolute Gasteiger partial charge is 0.494 e. The molecule has 0 amide bonds. The maximum atomic E-state index is 12.5. The zero-order valence-electron chi connectivity index (χ0n) is 9.89. The molecule has 1 aromatic rings. The van der Waals surface area contributed by atoms with Crippen LogP contribution in [0.25, 0.3) is 0 Å². The van der Waals surface area contributed by atoms with Gasteiger partial charge in [0.2, 0.25) is 10.0 Å². The van der Waals surface area contributed by atoms with E-state index in [1.807, 2.05) is 0 Å². The molecule has 0 unspecified atom stereocenters. The Balaban J connectivity index is 2.43. The number of aromatic nitrogens is 1. The van der Waals surface area contributed by atoms with Crippen LogP contribution in [0.15, 0.2) is 21.8 Å². The van der Waals surface area contributed by atoms with Crippen molar-refractivity contribution in [2.75, 3.05) is 33.3 Å². The molecule has 1 aliphatic rings. The van der Waals surface area contributed by atoms with Crippen LogP contribution in [0.1, 0.15) is 0 Å². The highest BCUT2D eigenvalue weighted by molar-refractivity contribution is 9.10. The molecule has 0 atom stereocenters. The fraction of sp³-hybridized carbons (Fsp3) is 0.500. The summed E-state index contributed by atoms with van der Waals surface area (Å²) in [6.07, 6.45) is 2.83. The Morgan fingerprint density at radius 2 is 2.06 bits per heavy atom. The van der Waals surface area contributed by atoms with Gasteiger partial charge in [-0.3, -0.25) is 4.98 Å². The summed E-state index contributed by atoms with van der Waals surface area (Å²) in [6, 6.07) is 0. The third-order valence-corrected chi connectivity index (χ3v) is 5.17. The van der Waals surface area contributed by atoms with E-state index in [0.717, 1.165) is 0 Å². The molecule has 0 aromatic carbocycles. The van der Waals surface area contributed by atoms with Crippen LogP contribution < -0.4 is 10.1 Å². The van der Waals surface area contributed by atoms with E-state index in [-0.39, 0.29) is 4.90 Å². The number of nitrogens with one attached hydrogen (secondary N) is 1. The second-order valence-corrected chi connectivity index (χ2v) is 6.57. The van der Waals surface area contributed by atoms with Crippen molar-refractivity contribution in [3.05, 3.63) is 16.9 Å². The summed E-state index contributed by atoms with van der Waals surface area (Å²) in [4.78, 5) is 4.00. The number of hydrogen-bond donors (Lipinski definition) is 1. The first-order chi connectivity index (χ1) is 8.57. The number of methoxy groups -OCH3 is 1. The molecule has 18 heavy (non-hydrogen) atoms. The summed E-state index contributed by atoms with van der Waals surface area (Å²) in [5.74, 6) is 0.295. The molecule has 6 nitrogen and oxygen atoms in total. The summed E-state index contributed by atoms with van der Waals surface area (Å²) >= 11 is 3.24. The van der Waals surface area contributed by atoms with Crippen LogP contribution >= 0.6 is 15.9 Å². The van der Waals surface area contributed by atoms with Gasteiger partial charge in [0.25, 0.3) is 0 Å². The van der Waals surface area contributed by atoms with Gasteiger partial charge in [0.15, 0.2) is 5.75 Å². The Labute approximate surface area is 115 Å². The lowest BCUT2D eigenvalue weighted by Crippen LogP contribution is -2.46. The maximum Gasteiger partial charge on any atom is 0.248 e. The Bertz CT molecular complexity index is 529. The lowest BCUT2D eigenvalue weighted by molar-refractivity contribution is 0.354. The molecule has 8 heteroatoms. The van der Waals surface area contributed by atoms with Crippen molar-refractivity contribution in [3.63, 3.8) is 0 Å². The van der Waals surface area contributed by atoms with Crippen LogP contribution in [0.5, 0.6) is 5.75 Å². The first-order valence-electron chi connectivity index (χ1n) is 5.45. The van der Waals surface area contributed by atoms with E-state index < -0.39 is 10.0 Å². The molecule has 0 spiro atoms. The highest BCUT2D eigenvalue weighted by Crippen LogP contribution is 2.32. The molecule has 1 N–H and O–H groups in total. The molecule has 0 aliphatic carbocycles. The van der Waals surface area contributed by atoms with Crippen molar-refractivity contribution in [1.82, 2.24) is 14.6 Å². The normalized spacial score (nSPS) is 17.7. The van der Waals surface area contributed by atoms with Crippen LogP contribution in [0.4, 0.5) is 0 Å². The van der Waals surface area contributed by atoms with Gasteiger partial charge in [-0.1, -0.05) is 0 Å². The minimum absolute atomic E-state index is 0.0984. The van der Waals surface area contributed by atoms with Crippen LogP contribution in [0, 0.1) is 0 Å². The smallest absolute Gasteiger partial charge is 0.248 e. The predicted molar refractivity (Wildman–Crippen MR) is 70.1 cm³/mol. The summed E-state index contributed by atoms with van der Waals surface area (Å²) in [5.41, 5.74) is 0. The number of halogens is 1. The van der Waals surface area contributed by atoms with Crippen LogP contribution in [-0.2, 0) is 10.0 Å². The number of pyridine rings is 1. The summed E-state index contributed by atoms with van der Waals surface area (Å²) in [5, 5.41) is 3.12. The first-order valence-corrected chi connectivity index (χ1v) is 7.69. The third-order valence-electron chi connectivity index (χ3n) is 2.72. The molecule has 2 rings (SSSR count). The average molecular weight is 336 g/mol. The predicted octanol–water partition coefficient (Wildman–Crippen LogP) is 0.447. The minimum atomic E-state index is -3.55. The fourth-order valence-electron chi connectivity index (χ4n) is 1.81. The second-order valence-electron chi connectivity index (χ2n) is 3.81. The Morgan fingerprint density at radius 3 is 2.67 bits per heavy atom. The summed E-state index contributed by atoms with van der Waals surface area (Å²) in [7, 11) is -2.11. The quantitative estimate of drug-likeness (QED) is 0.868. The van der Waals surface area contributed by atoms with Gasteiger partial charge in [-0.2, -0.15) is 4.31 Å². The Kier molecular flexibility index (Phi) is 4.21. The van der Waals surface area contributed by atoms with Crippen molar-refractivity contribution >= 4 is 26.0 Å². The monoisotopic (exact) mass is 335 g/mol. The number of ether oxygens (including phenoxy) is 1. The number of sulfonamides is 1. The van der Waals surface area contributed by atoms with Gasteiger partial charge in [-0.05, 0) is 15.9 Å². The van der Waals surface area contributed by atoms with Crippen LogP contribution in [0.2, 0.25) is 0 Å². The van der Waals surface area contributed by atoms with Crippen molar-refractivity contribution in [2.24, 2.45) is 0 Å². The van der Waals surface area contributed by atoms with Crippen molar-refractivity contribution in [2.45, 2.75) is 4.90 Å². The molecule has 1 aromatic heterocycles. The van der Waals surface area contributed by atoms with E-state index in [4.69, 9.17) is 4.74 Å². The molecule has 0 radical (unpaired) electrons. The van der Waals surface area contributed by atoms with Gasteiger partial charge in [-0.25, -0.2) is 8.42 Å². The van der Waals surface area contributed by atoms with E-state index in [9.17, 15) is 8.42 Å². The molecule has 0 bridgehead atoms. The van der Waals surface area contributed by atoms with Gasteiger partial charge in [0, 0.05) is 32.4 Å². The third kappa shape index (κ3) is 2.51. The van der Waals surface area contributed by atoms with Gasteiger partial charge in [0.05, 0.1) is 17.8 Å². The highest BCUT2D eigenvalue weighted by atomic mass is 79.9. The first kappa shape index (κ1) is 13.7. The molecule has 1 aliphatic heterocycles.